The molecule has 1 amide bonds. The van der Waals surface area contributed by atoms with Crippen LogP contribution in [0.4, 0.5) is 0 Å². The Labute approximate surface area is 175 Å². The summed E-state index contributed by atoms with van der Waals surface area (Å²) in [5.74, 6) is -3.38. The van der Waals surface area contributed by atoms with Gasteiger partial charge in [-0.25, -0.2) is 8.42 Å². The molecule has 1 unspecified atom stereocenters. The first-order valence-electron chi connectivity index (χ1n) is 9.01. The molecule has 0 aromatic heterocycles. The number of carbonyl (C=O) groups is 4. The van der Waals surface area contributed by atoms with E-state index in [9.17, 15) is 27.6 Å². The molecule has 5 atom stereocenters. The van der Waals surface area contributed by atoms with Crippen molar-refractivity contribution in [1.29, 1.82) is 0 Å². The summed E-state index contributed by atoms with van der Waals surface area (Å²) < 4.78 is 46.9. The lowest BCUT2D eigenvalue weighted by atomic mass is 9.97. The minimum Gasteiger partial charge on any atom is -0.463 e. The monoisotopic (exact) mass is 449 g/mol. The SMILES string of the molecule is C=C(C)CS(=O)(=O)C1O[C@H](COC(C)=O)[C@@H](OC(C)=O)[C@H](OC(C)=O)[C@H]1NC(C)=O. The van der Waals surface area contributed by atoms with E-state index in [0.29, 0.717) is 5.57 Å². The Morgan fingerprint density at radius 1 is 0.933 bits per heavy atom. The molecule has 0 spiro atoms. The minimum atomic E-state index is -4.08. The summed E-state index contributed by atoms with van der Waals surface area (Å²) in [6.45, 7) is 9.02. The molecule has 0 aromatic rings. The Morgan fingerprint density at radius 2 is 1.47 bits per heavy atom. The van der Waals surface area contributed by atoms with E-state index in [0.717, 1.165) is 27.7 Å². The maximum Gasteiger partial charge on any atom is 0.303 e. The smallest absolute Gasteiger partial charge is 0.303 e. The van der Waals surface area contributed by atoms with E-state index in [2.05, 4.69) is 11.9 Å². The van der Waals surface area contributed by atoms with Gasteiger partial charge in [-0.3, -0.25) is 19.2 Å². The molecule has 170 valence electrons. The van der Waals surface area contributed by atoms with Gasteiger partial charge in [0.2, 0.25) is 5.91 Å². The van der Waals surface area contributed by atoms with Crippen LogP contribution in [0.15, 0.2) is 12.2 Å². The molecule has 1 heterocycles. The second-order valence-corrected chi connectivity index (χ2v) is 9.06. The first kappa shape index (κ1) is 25.6. The maximum atomic E-state index is 12.9. The lowest BCUT2D eigenvalue weighted by molar-refractivity contribution is -0.212. The van der Waals surface area contributed by atoms with Gasteiger partial charge in [0.25, 0.3) is 0 Å². The largest absolute Gasteiger partial charge is 0.463 e. The lowest BCUT2D eigenvalue weighted by Crippen LogP contribution is -2.67. The highest BCUT2D eigenvalue weighted by atomic mass is 32.2. The molecule has 0 aliphatic carbocycles. The highest BCUT2D eigenvalue weighted by Gasteiger charge is 2.54. The van der Waals surface area contributed by atoms with Gasteiger partial charge < -0.3 is 24.3 Å². The van der Waals surface area contributed by atoms with E-state index < -0.39 is 75.8 Å². The number of carbonyl (C=O) groups excluding carboxylic acids is 4. The number of amides is 1. The van der Waals surface area contributed by atoms with E-state index in [1.165, 1.54) is 6.92 Å². The second-order valence-electron chi connectivity index (χ2n) is 6.98. The molecule has 12 heteroatoms. The third-order valence-corrected chi connectivity index (χ3v) is 5.88. The van der Waals surface area contributed by atoms with Gasteiger partial charge in [-0.15, -0.1) is 0 Å². The number of esters is 3. The third kappa shape index (κ3) is 7.41. The van der Waals surface area contributed by atoms with Crippen molar-refractivity contribution in [2.45, 2.75) is 64.4 Å². The number of ether oxygens (including phenoxy) is 4. The van der Waals surface area contributed by atoms with Gasteiger partial charge >= 0.3 is 17.9 Å². The number of hydrogen-bond donors (Lipinski definition) is 1. The van der Waals surface area contributed by atoms with Gasteiger partial charge in [0.05, 0.1) is 5.75 Å². The van der Waals surface area contributed by atoms with Gasteiger partial charge in [-0.1, -0.05) is 12.2 Å². The van der Waals surface area contributed by atoms with Crippen LogP contribution < -0.4 is 5.32 Å². The molecule has 1 saturated heterocycles. The van der Waals surface area contributed by atoms with Gasteiger partial charge in [0.15, 0.2) is 27.5 Å². The van der Waals surface area contributed by atoms with Crippen LogP contribution >= 0.6 is 0 Å². The van der Waals surface area contributed by atoms with Crippen LogP contribution in [0.5, 0.6) is 0 Å². The summed E-state index contributed by atoms with van der Waals surface area (Å²) in [4.78, 5) is 46.4. The number of nitrogens with one attached hydrogen (secondary N) is 1. The first-order valence-corrected chi connectivity index (χ1v) is 10.7. The fourth-order valence-corrected chi connectivity index (χ4v) is 4.86. The Hall–Kier alpha value is -2.47. The number of hydrogen-bond acceptors (Lipinski definition) is 10. The molecule has 0 saturated carbocycles. The van der Waals surface area contributed by atoms with Crippen LogP contribution in [-0.2, 0) is 48.0 Å². The van der Waals surface area contributed by atoms with Crippen LogP contribution in [0.1, 0.15) is 34.6 Å². The van der Waals surface area contributed by atoms with Crippen molar-refractivity contribution in [3.63, 3.8) is 0 Å². The second kappa shape index (κ2) is 10.5. The average Bonchev–Trinajstić information content (AvgIpc) is 2.54. The number of sulfone groups is 1. The average molecular weight is 449 g/mol. The van der Waals surface area contributed by atoms with Crippen LogP contribution in [0.3, 0.4) is 0 Å². The van der Waals surface area contributed by atoms with Crippen LogP contribution in [0.25, 0.3) is 0 Å². The van der Waals surface area contributed by atoms with Crippen molar-refractivity contribution in [2.24, 2.45) is 0 Å². The molecule has 1 rings (SSSR count). The normalized spacial score (nSPS) is 26.2. The molecule has 11 nitrogen and oxygen atoms in total. The molecule has 1 fully saturated rings. The van der Waals surface area contributed by atoms with Gasteiger partial charge in [0, 0.05) is 27.7 Å². The highest BCUT2D eigenvalue weighted by molar-refractivity contribution is 7.92. The van der Waals surface area contributed by atoms with Crippen molar-refractivity contribution >= 4 is 33.7 Å². The zero-order valence-electron chi connectivity index (χ0n) is 17.5. The first-order chi connectivity index (χ1) is 13.7. The van der Waals surface area contributed by atoms with E-state index in [-0.39, 0.29) is 0 Å². The van der Waals surface area contributed by atoms with Gasteiger partial charge in [0.1, 0.15) is 18.8 Å². The van der Waals surface area contributed by atoms with Crippen molar-refractivity contribution in [3.05, 3.63) is 12.2 Å². The summed E-state index contributed by atoms with van der Waals surface area (Å²) in [6, 6.07) is -1.39. The molecule has 1 aliphatic rings. The molecular formula is C18H27NO10S. The fourth-order valence-electron chi connectivity index (χ4n) is 3.02. The standard InChI is InChI=1S/C18H27NO10S/c1-9(2)8-30(24,25)18-15(19-10(3)20)17(28-13(6)23)16(27-12(5)22)14(29-18)7-26-11(4)21/h14-18H,1,7-8H2,2-6H3,(H,19,20)/t14-,15-,16-,17-,18?/m1/s1. The van der Waals surface area contributed by atoms with Gasteiger partial charge in [-0.2, -0.15) is 0 Å². The maximum absolute atomic E-state index is 12.9. The molecule has 1 N–H and O–H groups in total. The summed E-state index contributed by atoms with van der Waals surface area (Å²) in [6.07, 6.45) is -4.05. The van der Waals surface area contributed by atoms with Crippen LogP contribution in [0.2, 0.25) is 0 Å². The lowest BCUT2D eigenvalue weighted by Gasteiger charge is -2.44. The minimum absolute atomic E-state index is 0.308. The summed E-state index contributed by atoms with van der Waals surface area (Å²) >= 11 is 0. The van der Waals surface area contributed by atoms with E-state index in [4.69, 9.17) is 18.9 Å². The molecule has 0 radical (unpaired) electrons. The van der Waals surface area contributed by atoms with Gasteiger partial charge in [-0.05, 0) is 6.92 Å². The summed E-state index contributed by atoms with van der Waals surface area (Å²) in [5.41, 5.74) is -1.38. The highest BCUT2D eigenvalue weighted by Crippen LogP contribution is 2.30. The predicted octanol–water partition coefficient (Wildman–Crippen LogP) is -0.367. The molecule has 1 aliphatic heterocycles. The summed E-state index contributed by atoms with van der Waals surface area (Å²) in [7, 11) is -4.08. The van der Waals surface area contributed by atoms with Crippen LogP contribution in [0, 0.1) is 0 Å². The third-order valence-electron chi connectivity index (χ3n) is 3.87. The Kier molecular flexibility index (Phi) is 8.97. The fraction of sp³-hybridized carbons (Fsp3) is 0.667. The van der Waals surface area contributed by atoms with Crippen LogP contribution in [-0.4, -0.2) is 74.4 Å². The summed E-state index contributed by atoms with van der Waals surface area (Å²) in [5, 5.41) is 2.41. The van der Waals surface area contributed by atoms with E-state index >= 15 is 0 Å². The molecule has 30 heavy (non-hydrogen) atoms. The Bertz CT molecular complexity index is 806. The molecule has 0 aromatic carbocycles. The topological polar surface area (TPSA) is 151 Å². The van der Waals surface area contributed by atoms with Crippen molar-refractivity contribution in [3.8, 4) is 0 Å². The molecular weight excluding hydrogens is 422 g/mol. The van der Waals surface area contributed by atoms with Crippen molar-refractivity contribution in [1.82, 2.24) is 5.32 Å². The Morgan fingerprint density at radius 3 is 1.90 bits per heavy atom. The molecule has 0 bridgehead atoms. The number of rotatable bonds is 8. The van der Waals surface area contributed by atoms with E-state index in [1.807, 2.05) is 0 Å². The zero-order chi connectivity index (χ0) is 23.2. The quantitative estimate of drug-likeness (QED) is 0.295. The zero-order valence-corrected chi connectivity index (χ0v) is 18.3. The van der Waals surface area contributed by atoms with Crippen molar-refractivity contribution in [2.75, 3.05) is 12.4 Å². The Balaban J connectivity index is 3.52. The predicted molar refractivity (Wildman–Crippen MR) is 103 cm³/mol. The van der Waals surface area contributed by atoms with E-state index in [1.54, 1.807) is 0 Å². The van der Waals surface area contributed by atoms with Crippen molar-refractivity contribution < 1.29 is 46.5 Å².